The van der Waals surface area contributed by atoms with Crippen molar-refractivity contribution < 1.29 is 18.9 Å². The van der Waals surface area contributed by atoms with Gasteiger partial charge in [0.2, 0.25) is 0 Å². The Bertz CT molecular complexity index is 296. The number of hydrogen-bond acceptors (Lipinski definition) is 4. The second kappa shape index (κ2) is 4.20. The van der Waals surface area contributed by atoms with Crippen LogP contribution in [-0.2, 0) is 18.9 Å². The number of ether oxygens (including phenoxy) is 4. The first-order valence-electron chi connectivity index (χ1n) is 6.93. The molecule has 0 unspecified atom stereocenters. The summed E-state index contributed by atoms with van der Waals surface area (Å²) in [6.45, 7) is 16.3. The summed E-state index contributed by atoms with van der Waals surface area (Å²) >= 11 is 0. The molecule has 0 saturated carbocycles. The lowest BCUT2D eigenvalue weighted by molar-refractivity contribution is -0.0613. The minimum absolute atomic E-state index is 0.336. The fourth-order valence-corrected chi connectivity index (χ4v) is 2.06. The van der Waals surface area contributed by atoms with E-state index in [0.717, 1.165) is 0 Å². The fraction of sp³-hybridized carbons (Fsp3) is 1.00. The molecule has 2 heterocycles. The molecule has 0 amide bonds. The third kappa shape index (κ3) is 2.58. The van der Waals surface area contributed by atoms with E-state index in [1.54, 1.807) is 0 Å². The van der Waals surface area contributed by atoms with Crippen molar-refractivity contribution in [3.05, 3.63) is 0 Å². The Kier molecular flexibility index (Phi) is 3.38. The van der Waals surface area contributed by atoms with Gasteiger partial charge < -0.3 is 18.9 Å². The lowest BCUT2D eigenvalue weighted by Crippen LogP contribution is -2.41. The standard InChI is InChI=1S/C14H26BO4/c1-11(2)12(3,4)17-9(16-11)15-10-18-13(5,6)14(7,8)19-10/h9-10H,1-8H3. The van der Waals surface area contributed by atoms with Crippen LogP contribution in [0.2, 0.25) is 0 Å². The lowest BCUT2D eigenvalue weighted by atomic mass is 9.76. The molecule has 2 aliphatic rings. The quantitative estimate of drug-likeness (QED) is 0.722. The molecule has 2 saturated heterocycles. The minimum atomic E-state index is -0.403. The third-order valence-electron chi connectivity index (χ3n) is 4.86. The zero-order valence-corrected chi connectivity index (χ0v) is 13.4. The van der Waals surface area contributed by atoms with Crippen LogP contribution in [0.1, 0.15) is 55.4 Å². The van der Waals surface area contributed by atoms with E-state index >= 15 is 0 Å². The van der Waals surface area contributed by atoms with E-state index in [2.05, 4.69) is 0 Å². The van der Waals surface area contributed by atoms with Gasteiger partial charge in [0.15, 0.2) is 0 Å². The largest absolute Gasteiger partial charge is 0.352 e. The topological polar surface area (TPSA) is 36.9 Å². The second-order valence-corrected chi connectivity index (χ2v) is 7.44. The van der Waals surface area contributed by atoms with E-state index in [1.807, 2.05) is 62.7 Å². The Hall–Kier alpha value is -0.0951. The van der Waals surface area contributed by atoms with Crippen LogP contribution in [0.4, 0.5) is 0 Å². The molecule has 0 aliphatic carbocycles. The molecule has 2 fully saturated rings. The normalized spacial score (nSPS) is 32.6. The van der Waals surface area contributed by atoms with Gasteiger partial charge in [-0.1, -0.05) is 0 Å². The maximum atomic E-state index is 5.92. The van der Waals surface area contributed by atoms with Crippen molar-refractivity contribution in [1.29, 1.82) is 0 Å². The maximum absolute atomic E-state index is 5.92. The van der Waals surface area contributed by atoms with Crippen molar-refractivity contribution in [3.8, 4) is 0 Å². The summed E-state index contributed by atoms with van der Waals surface area (Å²) in [4.78, 5) is 0. The van der Waals surface area contributed by atoms with Gasteiger partial charge in [-0.05, 0) is 55.4 Å². The van der Waals surface area contributed by atoms with Gasteiger partial charge in [0.05, 0.1) is 22.4 Å². The minimum Gasteiger partial charge on any atom is -0.352 e. The van der Waals surface area contributed by atoms with Crippen LogP contribution in [0.3, 0.4) is 0 Å². The van der Waals surface area contributed by atoms with Gasteiger partial charge in [-0.3, -0.25) is 0 Å². The van der Waals surface area contributed by atoms with Gasteiger partial charge in [-0.25, -0.2) is 0 Å². The molecule has 2 aliphatic heterocycles. The summed E-state index contributed by atoms with van der Waals surface area (Å²) in [5.41, 5.74) is -1.34. The molecule has 19 heavy (non-hydrogen) atoms. The fourth-order valence-electron chi connectivity index (χ4n) is 2.06. The molecule has 0 N–H and O–H groups in total. The van der Waals surface area contributed by atoms with Crippen LogP contribution in [0.5, 0.6) is 0 Å². The van der Waals surface area contributed by atoms with Crippen molar-refractivity contribution in [1.82, 2.24) is 0 Å². The van der Waals surface area contributed by atoms with Crippen LogP contribution in [0.25, 0.3) is 0 Å². The van der Waals surface area contributed by atoms with Gasteiger partial charge in [0.1, 0.15) is 12.4 Å². The Balaban J connectivity index is 1.99. The van der Waals surface area contributed by atoms with Gasteiger partial charge >= 0.3 is 0 Å². The van der Waals surface area contributed by atoms with Gasteiger partial charge in [0.25, 0.3) is 7.28 Å². The zero-order chi connectivity index (χ0) is 14.7. The Labute approximate surface area is 117 Å². The van der Waals surface area contributed by atoms with E-state index in [4.69, 9.17) is 18.9 Å². The SMILES string of the molecule is CC1(C)OC([B]C2OC(C)(C)C(C)(C)O2)OC1(C)C. The highest BCUT2D eigenvalue weighted by atomic mass is 16.8. The van der Waals surface area contributed by atoms with Crippen molar-refractivity contribution in [3.63, 3.8) is 0 Å². The maximum Gasteiger partial charge on any atom is 0.261 e. The molecule has 2 rings (SSSR count). The van der Waals surface area contributed by atoms with E-state index in [9.17, 15) is 0 Å². The molecule has 0 atom stereocenters. The first-order chi connectivity index (χ1) is 8.36. The second-order valence-electron chi connectivity index (χ2n) is 7.44. The molecule has 5 heteroatoms. The van der Waals surface area contributed by atoms with E-state index < -0.39 is 12.4 Å². The van der Waals surface area contributed by atoms with E-state index in [1.165, 1.54) is 0 Å². The molecular formula is C14H26BO4. The number of hydrogen-bond donors (Lipinski definition) is 0. The van der Waals surface area contributed by atoms with Crippen LogP contribution in [-0.4, -0.2) is 42.1 Å². The lowest BCUT2D eigenvalue weighted by Gasteiger charge is -2.30. The molecule has 4 nitrogen and oxygen atoms in total. The monoisotopic (exact) mass is 269 g/mol. The third-order valence-corrected chi connectivity index (χ3v) is 4.86. The van der Waals surface area contributed by atoms with Crippen LogP contribution in [0, 0.1) is 0 Å². The van der Waals surface area contributed by atoms with Gasteiger partial charge in [0, 0.05) is 0 Å². The molecule has 0 aromatic rings. The van der Waals surface area contributed by atoms with Crippen molar-refractivity contribution in [2.24, 2.45) is 0 Å². The molecule has 1 radical (unpaired) electrons. The Morgan fingerprint density at radius 2 is 0.737 bits per heavy atom. The predicted octanol–water partition coefficient (Wildman–Crippen LogP) is 2.47. The van der Waals surface area contributed by atoms with E-state index in [-0.39, 0.29) is 22.4 Å². The van der Waals surface area contributed by atoms with Crippen molar-refractivity contribution >= 4 is 7.28 Å². The molecule has 0 aromatic heterocycles. The van der Waals surface area contributed by atoms with Gasteiger partial charge in [-0.15, -0.1) is 0 Å². The molecule has 109 valence electrons. The van der Waals surface area contributed by atoms with E-state index in [0.29, 0.717) is 0 Å². The summed E-state index contributed by atoms with van der Waals surface area (Å²) in [5.74, 6) is 0. The summed E-state index contributed by atoms with van der Waals surface area (Å²) in [5, 5.41) is 0. The summed E-state index contributed by atoms with van der Waals surface area (Å²) < 4.78 is 23.7. The first kappa shape index (κ1) is 15.3. The highest BCUT2D eigenvalue weighted by Crippen LogP contribution is 2.41. The molecule has 0 aromatic carbocycles. The Morgan fingerprint density at radius 3 is 0.947 bits per heavy atom. The highest BCUT2D eigenvalue weighted by Gasteiger charge is 2.53. The van der Waals surface area contributed by atoms with Gasteiger partial charge in [-0.2, -0.15) is 0 Å². The Morgan fingerprint density at radius 1 is 0.526 bits per heavy atom. The molecule has 0 bridgehead atoms. The average molecular weight is 269 g/mol. The van der Waals surface area contributed by atoms with Crippen LogP contribution < -0.4 is 0 Å². The average Bonchev–Trinajstić information content (AvgIpc) is 2.42. The summed E-state index contributed by atoms with van der Waals surface area (Å²) in [7, 11) is 1.85. The first-order valence-corrected chi connectivity index (χ1v) is 6.93. The molecular weight excluding hydrogens is 243 g/mol. The van der Waals surface area contributed by atoms with Crippen LogP contribution >= 0.6 is 0 Å². The van der Waals surface area contributed by atoms with Crippen molar-refractivity contribution in [2.45, 2.75) is 90.2 Å². The number of rotatable bonds is 2. The zero-order valence-electron chi connectivity index (χ0n) is 13.4. The summed E-state index contributed by atoms with van der Waals surface area (Å²) in [6, 6.07) is 0. The summed E-state index contributed by atoms with van der Waals surface area (Å²) in [6.07, 6.45) is -0.806. The van der Waals surface area contributed by atoms with Crippen molar-refractivity contribution in [2.75, 3.05) is 0 Å². The smallest absolute Gasteiger partial charge is 0.261 e. The molecule has 0 spiro atoms. The highest BCUT2D eigenvalue weighted by molar-refractivity contribution is 6.38. The van der Waals surface area contributed by atoms with Crippen LogP contribution in [0.15, 0.2) is 0 Å². The predicted molar refractivity (Wildman–Crippen MR) is 74.0 cm³/mol.